The molecule has 10 heteroatoms. The number of fused-ring (bicyclic) bond motifs is 2. The van der Waals surface area contributed by atoms with E-state index in [0.29, 0.717) is 35.7 Å². The van der Waals surface area contributed by atoms with E-state index >= 15 is 0 Å². The standard InChI is InChI=1S/C14H16N2O4.C14H18N2O2/c1-5-20-14(17)13-8(2)10-6-7-11(16(18)19)9(3)12(10)15(13)4;1-5-18-14(17)13-8(2)10-6-7-11(15)9(3)12(10)16(13)4/h6-7H,5H2,1-4H3;6-7H,5,15H2,1-4H3. The van der Waals surface area contributed by atoms with Gasteiger partial charge in [-0.05, 0) is 70.4 Å². The molecule has 2 N–H and O–H groups in total. The van der Waals surface area contributed by atoms with Gasteiger partial charge in [-0.15, -0.1) is 0 Å². The molecule has 0 aliphatic carbocycles. The van der Waals surface area contributed by atoms with Crippen LogP contribution in [-0.4, -0.2) is 39.2 Å². The highest BCUT2D eigenvalue weighted by Crippen LogP contribution is 2.33. The van der Waals surface area contributed by atoms with Crippen molar-refractivity contribution in [1.82, 2.24) is 9.13 Å². The zero-order chi connectivity index (χ0) is 28.5. The van der Waals surface area contributed by atoms with Crippen molar-refractivity contribution in [1.29, 1.82) is 0 Å². The van der Waals surface area contributed by atoms with Gasteiger partial charge in [0.2, 0.25) is 0 Å². The fourth-order valence-electron chi connectivity index (χ4n) is 5.03. The molecule has 0 aliphatic rings. The molecule has 202 valence electrons. The first-order valence-corrected chi connectivity index (χ1v) is 12.3. The van der Waals surface area contributed by atoms with Gasteiger partial charge in [0.15, 0.2) is 0 Å². The van der Waals surface area contributed by atoms with Crippen molar-refractivity contribution in [3.63, 3.8) is 0 Å². The SMILES string of the molecule is CCOC(=O)c1c(C)c2ccc(N)c(C)c2n1C.CCOC(=O)c1c(C)c2ccc([N+](=O)[O-])c(C)c2n1C. The lowest BCUT2D eigenvalue weighted by molar-refractivity contribution is -0.385. The second kappa shape index (κ2) is 11.0. The summed E-state index contributed by atoms with van der Waals surface area (Å²) in [5, 5.41) is 12.9. The Bertz CT molecular complexity index is 1580. The van der Waals surface area contributed by atoms with E-state index in [9.17, 15) is 19.7 Å². The summed E-state index contributed by atoms with van der Waals surface area (Å²) in [4.78, 5) is 34.6. The number of carbonyl (C=O) groups excluding carboxylic acids is 2. The van der Waals surface area contributed by atoms with Gasteiger partial charge in [0.1, 0.15) is 11.4 Å². The number of ether oxygens (including phenoxy) is 2. The predicted molar refractivity (Wildman–Crippen MR) is 148 cm³/mol. The van der Waals surface area contributed by atoms with Gasteiger partial charge in [0, 0.05) is 36.6 Å². The summed E-state index contributed by atoms with van der Waals surface area (Å²) >= 11 is 0. The van der Waals surface area contributed by atoms with Gasteiger partial charge in [-0.3, -0.25) is 10.1 Å². The van der Waals surface area contributed by atoms with Crippen molar-refractivity contribution in [2.45, 2.75) is 41.5 Å². The Morgan fingerprint density at radius 2 is 1.21 bits per heavy atom. The average molecular weight is 523 g/mol. The van der Waals surface area contributed by atoms with Crippen molar-refractivity contribution in [2.75, 3.05) is 18.9 Å². The van der Waals surface area contributed by atoms with Crippen LogP contribution in [0, 0.1) is 37.8 Å². The summed E-state index contributed by atoms with van der Waals surface area (Å²) in [6.45, 7) is 11.6. The Labute approximate surface area is 221 Å². The second-order valence-electron chi connectivity index (χ2n) is 9.05. The van der Waals surface area contributed by atoms with E-state index in [0.717, 1.165) is 38.7 Å². The van der Waals surface area contributed by atoms with Crippen LogP contribution in [0.15, 0.2) is 24.3 Å². The second-order valence-corrected chi connectivity index (χ2v) is 9.05. The van der Waals surface area contributed by atoms with Crippen molar-refractivity contribution in [3.8, 4) is 0 Å². The minimum absolute atomic E-state index is 0.0495. The van der Waals surface area contributed by atoms with Gasteiger partial charge in [-0.1, -0.05) is 6.07 Å². The molecule has 0 saturated carbocycles. The number of nitrogens with two attached hydrogens (primary N) is 1. The Morgan fingerprint density at radius 1 is 0.789 bits per heavy atom. The van der Waals surface area contributed by atoms with E-state index in [1.807, 2.05) is 44.5 Å². The Balaban J connectivity index is 0.000000212. The molecule has 38 heavy (non-hydrogen) atoms. The highest BCUT2D eigenvalue weighted by Gasteiger charge is 2.24. The molecule has 0 radical (unpaired) electrons. The quantitative estimate of drug-likeness (QED) is 0.160. The monoisotopic (exact) mass is 522 g/mol. The number of nitro groups is 1. The summed E-state index contributed by atoms with van der Waals surface area (Å²) in [6, 6.07) is 6.98. The number of nitro benzene ring substituents is 1. The third-order valence-electron chi connectivity index (χ3n) is 6.87. The van der Waals surface area contributed by atoms with Gasteiger partial charge < -0.3 is 24.3 Å². The normalized spacial score (nSPS) is 10.8. The third-order valence-corrected chi connectivity index (χ3v) is 6.87. The number of esters is 2. The lowest BCUT2D eigenvalue weighted by Gasteiger charge is -2.07. The number of nitrogen functional groups attached to an aromatic ring is 1. The smallest absolute Gasteiger partial charge is 0.355 e. The molecule has 0 unspecified atom stereocenters. The first kappa shape index (κ1) is 28.2. The number of hydrogen-bond acceptors (Lipinski definition) is 7. The van der Waals surface area contributed by atoms with Gasteiger partial charge in [-0.25, -0.2) is 9.59 Å². The Kier molecular flexibility index (Phi) is 8.14. The number of aryl methyl sites for hydroxylation is 6. The summed E-state index contributed by atoms with van der Waals surface area (Å²) in [5.74, 6) is -0.697. The number of hydrogen-bond donors (Lipinski definition) is 1. The molecular weight excluding hydrogens is 488 g/mol. The summed E-state index contributed by atoms with van der Waals surface area (Å²) in [6.07, 6.45) is 0. The van der Waals surface area contributed by atoms with Crippen molar-refractivity contribution in [2.24, 2.45) is 14.1 Å². The van der Waals surface area contributed by atoms with Gasteiger partial charge >= 0.3 is 11.9 Å². The molecule has 10 nitrogen and oxygen atoms in total. The Morgan fingerprint density at radius 3 is 1.63 bits per heavy atom. The lowest BCUT2D eigenvalue weighted by atomic mass is 10.1. The van der Waals surface area contributed by atoms with E-state index in [4.69, 9.17) is 15.2 Å². The largest absolute Gasteiger partial charge is 0.461 e. The summed E-state index contributed by atoms with van der Waals surface area (Å²) in [7, 11) is 3.59. The molecule has 0 fully saturated rings. The fraction of sp³-hybridized carbons (Fsp3) is 0.357. The van der Waals surface area contributed by atoms with E-state index in [-0.39, 0.29) is 11.7 Å². The molecule has 4 aromatic rings. The number of nitrogens with zero attached hydrogens (tertiary/aromatic N) is 3. The zero-order valence-corrected chi connectivity index (χ0v) is 23.1. The molecule has 0 saturated heterocycles. The Hall–Kier alpha value is -4.34. The van der Waals surface area contributed by atoms with E-state index in [1.165, 1.54) is 6.07 Å². The molecule has 0 atom stereocenters. The molecule has 2 aromatic carbocycles. The van der Waals surface area contributed by atoms with Crippen molar-refractivity contribution in [3.05, 3.63) is 68.0 Å². The molecule has 2 aromatic heterocycles. The highest BCUT2D eigenvalue weighted by molar-refractivity contribution is 6.01. The minimum atomic E-state index is -0.416. The average Bonchev–Trinajstić information content (AvgIpc) is 3.26. The summed E-state index contributed by atoms with van der Waals surface area (Å²) < 4.78 is 13.7. The van der Waals surface area contributed by atoms with Crippen molar-refractivity contribution < 1.29 is 24.0 Å². The van der Waals surface area contributed by atoms with Crippen molar-refractivity contribution >= 4 is 45.1 Å². The van der Waals surface area contributed by atoms with Crippen LogP contribution in [0.5, 0.6) is 0 Å². The molecule has 0 bridgehead atoms. The maximum Gasteiger partial charge on any atom is 0.355 e. The van der Waals surface area contributed by atoms with Crippen LogP contribution in [0.2, 0.25) is 0 Å². The molecule has 0 aliphatic heterocycles. The minimum Gasteiger partial charge on any atom is -0.461 e. The van der Waals surface area contributed by atoms with Gasteiger partial charge in [0.25, 0.3) is 5.69 Å². The topological polar surface area (TPSA) is 132 Å². The van der Waals surface area contributed by atoms with Crippen LogP contribution in [0.3, 0.4) is 0 Å². The molecule has 0 spiro atoms. The molecular formula is C28H34N4O6. The molecule has 2 heterocycles. The van der Waals surface area contributed by atoms with Crippen LogP contribution >= 0.6 is 0 Å². The van der Waals surface area contributed by atoms with E-state index in [1.54, 1.807) is 38.5 Å². The van der Waals surface area contributed by atoms with Crippen LogP contribution < -0.4 is 5.73 Å². The van der Waals surface area contributed by atoms with Gasteiger partial charge in [-0.2, -0.15) is 0 Å². The first-order chi connectivity index (χ1) is 17.9. The number of carbonyl (C=O) groups is 2. The number of rotatable bonds is 5. The van der Waals surface area contributed by atoms with E-state index in [2.05, 4.69) is 0 Å². The molecule has 0 amide bonds. The van der Waals surface area contributed by atoms with Crippen LogP contribution in [-0.2, 0) is 23.6 Å². The number of benzene rings is 2. The molecule has 4 rings (SSSR count). The fourth-order valence-corrected chi connectivity index (χ4v) is 5.03. The zero-order valence-electron chi connectivity index (χ0n) is 23.1. The van der Waals surface area contributed by atoms with Gasteiger partial charge in [0.05, 0.1) is 34.7 Å². The maximum atomic E-state index is 12.0. The third kappa shape index (κ3) is 4.69. The van der Waals surface area contributed by atoms with Crippen LogP contribution in [0.1, 0.15) is 57.1 Å². The number of aromatic nitrogens is 2. The maximum absolute atomic E-state index is 12.0. The number of anilines is 1. The predicted octanol–water partition coefficient (Wildman–Crippen LogP) is 5.43. The van der Waals surface area contributed by atoms with Crippen LogP contribution in [0.25, 0.3) is 21.8 Å². The highest BCUT2D eigenvalue weighted by atomic mass is 16.6. The summed E-state index contributed by atoms with van der Waals surface area (Å²) in [5.41, 5.74) is 12.7. The van der Waals surface area contributed by atoms with E-state index < -0.39 is 10.9 Å². The first-order valence-electron chi connectivity index (χ1n) is 12.3. The van der Waals surface area contributed by atoms with Crippen LogP contribution in [0.4, 0.5) is 11.4 Å². The lowest BCUT2D eigenvalue weighted by Crippen LogP contribution is -2.11.